The quantitative estimate of drug-likeness (QED) is 0.785. The zero-order valence-electron chi connectivity index (χ0n) is 11.5. The average molecular weight is 355 g/mol. The van der Waals surface area contributed by atoms with E-state index in [0.717, 1.165) is 34.4 Å². The molecule has 0 fully saturated rings. The molecular weight excluding hydrogens is 338 g/mol. The Morgan fingerprint density at radius 2 is 1.95 bits per heavy atom. The van der Waals surface area contributed by atoms with Crippen molar-refractivity contribution >= 4 is 27.5 Å². The van der Waals surface area contributed by atoms with Gasteiger partial charge in [0.1, 0.15) is 11.5 Å². The van der Waals surface area contributed by atoms with Crippen molar-refractivity contribution in [3.05, 3.63) is 57.0 Å². The molecule has 0 unspecified atom stereocenters. The minimum absolute atomic E-state index is 0.618. The van der Waals surface area contributed by atoms with Crippen LogP contribution in [-0.2, 0) is 6.54 Å². The van der Waals surface area contributed by atoms with Crippen molar-refractivity contribution in [1.29, 1.82) is 0 Å². The maximum absolute atomic E-state index is 6.18. The summed E-state index contributed by atoms with van der Waals surface area (Å²) in [6.45, 7) is 5.77. The molecule has 0 amide bonds. The topological polar surface area (TPSA) is 21.3 Å². The average Bonchev–Trinajstić information content (AvgIpc) is 2.43. The highest BCUT2D eigenvalue weighted by Gasteiger charge is 2.08. The molecule has 0 heterocycles. The van der Waals surface area contributed by atoms with Crippen LogP contribution >= 0.6 is 27.5 Å². The summed E-state index contributed by atoms with van der Waals surface area (Å²) in [6.07, 6.45) is 0. The number of rotatable bonds is 5. The van der Waals surface area contributed by atoms with E-state index < -0.39 is 0 Å². The summed E-state index contributed by atoms with van der Waals surface area (Å²) < 4.78 is 7.02. The Morgan fingerprint density at radius 1 is 1.15 bits per heavy atom. The van der Waals surface area contributed by atoms with Crippen molar-refractivity contribution in [2.24, 2.45) is 0 Å². The van der Waals surface area contributed by atoms with Crippen LogP contribution in [0.3, 0.4) is 0 Å². The summed E-state index contributed by atoms with van der Waals surface area (Å²) in [4.78, 5) is 0. The molecule has 0 aliphatic rings. The molecular formula is C16H17BrClNO. The number of nitrogens with one attached hydrogen (secondary N) is 1. The summed E-state index contributed by atoms with van der Waals surface area (Å²) in [7, 11) is 0. The molecule has 0 saturated carbocycles. The number of benzene rings is 2. The van der Waals surface area contributed by atoms with Gasteiger partial charge in [0.25, 0.3) is 0 Å². The second-order valence-corrected chi connectivity index (χ2v) is 5.89. The lowest BCUT2D eigenvalue weighted by Crippen LogP contribution is -2.12. The third-order valence-electron chi connectivity index (χ3n) is 2.89. The maximum Gasteiger partial charge on any atom is 0.146 e. The number of hydrogen-bond donors (Lipinski definition) is 1. The monoisotopic (exact) mass is 353 g/mol. The van der Waals surface area contributed by atoms with Gasteiger partial charge in [-0.15, -0.1) is 0 Å². The van der Waals surface area contributed by atoms with Crippen LogP contribution in [0.1, 0.15) is 18.1 Å². The van der Waals surface area contributed by atoms with Gasteiger partial charge in [0.15, 0.2) is 0 Å². The third-order valence-corrected chi connectivity index (χ3v) is 3.70. The smallest absolute Gasteiger partial charge is 0.146 e. The molecule has 0 aromatic heterocycles. The van der Waals surface area contributed by atoms with Gasteiger partial charge in [0, 0.05) is 16.6 Å². The first-order valence-electron chi connectivity index (χ1n) is 6.53. The molecule has 2 aromatic carbocycles. The van der Waals surface area contributed by atoms with Crippen LogP contribution in [0.5, 0.6) is 11.5 Å². The molecule has 0 atom stereocenters. The predicted molar refractivity (Wildman–Crippen MR) is 87.8 cm³/mol. The normalized spacial score (nSPS) is 10.6. The highest BCUT2D eigenvalue weighted by atomic mass is 79.9. The fourth-order valence-corrected chi connectivity index (χ4v) is 2.42. The van der Waals surface area contributed by atoms with Crippen molar-refractivity contribution in [2.75, 3.05) is 6.54 Å². The van der Waals surface area contributed by atoms with Crippen LogP contribution in [-0.4, -0.2) is 6.54 Å². The summed E-state index contributed by atoms with van der Waals surface area (Å²) in [5, 5.41) is 3.93. The molecule has 0 aliphatic heterocycles. The second-order valence-electron chi connectivity index (χ2n) is 4.57. The second kappa shape index (κ2) is 7.11. The molecule has 0 aliphatic carbocycles. The van der Waals surface area contributed by atoms with Crippen LogP contribution in [0.4, 0.5) is 0 Å². The molecule has 4 heteroatoms. The van der Waals surface area contributed by atoms with Gasteiger partial charge in [-0.2, -0.15) is 0 Å². The molecule has 0 bridgehead atoms. The van der Waals surface area contributed by atoms with E-state index in [1.165, 1.54) is 0 Å². The molecule has 0 saturated heterocycles. The zero-order chi connectivity index (χ0) is 14.5. The van der Waals surface area contributed by atoms with Crippen LogP contribution in [0.25, 0.3) is 0 Å². The molecule has 2 aromatic rings. The van der Waals surface area contributed by atoms with E-state index in [-0.39, 0.29) is 0 Å². The highest BCUT2D eigenvalue weighted by Crippen LogP contribution is 2.33. The lowest BCUT2D eigenvalue weighted by molar-refractivity contribution is 0.473. The van der Waals surface area contributed by atoms with Gasteiger partial charge in [-0.3, -0.25) is 0 Å². The van der Waals surface area contributed by atoms with Gasteiger partial charge in [0.05, 0.1) is 5.02 Å². The molecule has 0 radical (unpaired) electrons. The molecule has 106 valence electrons. The lowest BCUT2D eigenvalue weighted by Gasteiger charge is -2.13. The maximum atomic E-state index is 6.18. The summed E-state index contributed by atoms with van der Waals surface area (Å²) in [5.74, 6) is 1.51. The van der Waals surface area contributed by atoms with Crippen molar-refractivity contribution < 1.29 is 4.74 Å². The summed E-state index contributed by atoms with van der Waals surface area (Å²) >= 11 is 9.67. The molecule has 2 nitrogen and oxygen atoms in total. The first-order chi connectivity index (χ1) is 9.60. The van der Waals surface area contributed by atoms with E-state index in [2.05, 4.69) is 34.2 Å². The van der Waals surface area contributed by atoms with Gasteiger partial charge in [-0.05, 0) is 49.4 Å². The summed E-state index contributed by atoms with van der Waals surface area (Å²) in [5.41, 5.74) is 2.22. The van der Waals surface area contributed by atoms with Gasteiger partial charge >= 0.3 is 0 Å². The lowest BCUT2D eigenvalue weighted by atomic mass is 10.2. The number of ether oxygens (including phenoxy) is 1. The van der Waals surface area contributed by atoms with E-state index in [9.17, 15) is 0 Å². The molecule has 2 rings (SSSR count). The molecule has 0 spiro atoms. The summed E-state index contributed by atoms with van der Waals surface area (Å²) in [6, 6.07) is 11.7. The standard InChI is InChI=1S/C16H17BrClNO/c1-3-19-10-12-9-13(17)5-7-15(12)20-16-8-11(2)4-6-14(16)18/h4-9,19H,3,10H2,1-2H3. The number of halogens is 2. The van der Waals surface area contributed by atoms with E-state index in [1.54, 1.807) is 0 Å². The van der Waals surface area contributed by atoms with Crippen LogP contribution < -0.4 is 10.1 Å². The van der Waals surface area contributed by atoms with Crippen molar-refractivity contribution in [2.45, 2.75) is 20.4 Å². The minimum atomic E-state index is 0.618. The number of hydrogen-bond acceptors (Lipinski definition) is 2. The Bertz CT molecular complexity index is 601. The van der Waals surface area contributed by atoms with E-state index >= 15 is 0 Å². The van der Waals surface area contributed by atoms with Crippen LogP contribution in [0.15, 0.2) is 40.9 Å². The Morgan fingerprint density at radius 3 is 2.70 bits per heavy atom. The Kier molecular flexibility index (Phi) is 5.46. The predicted octanol–water partition coefficient (Wildman–Crippen LogP) is 5.31. The third kappa shape index (κ3) is 3.98. The first kappa shape index (κ1) is 15.4. The fourth-order valence-electron chi connectivity index (χ4n) is 1.85. The number of aryl methyl sites for hydroxylation is 1. The molecule has 20 heavy (non-hydrogen) atoms. The Hall–Kier alpha value is -1.03. The van der Waals surface area contributed by atoms with E-state index in [0.29, 0.717) is 10.8 Å². The Balaban J connectivity index is 2.30. The van der Waals surface area contributed by atoms with Crippen LogP contribution in [0, 0.1) is 6.92 Å². The highest BCUT2D eigenvalue weighted by molar-refractivity contribution is 9.10. The van der Waals surface area contributed by atoms with E-state index in [4.69, 9.17) is 16.3 Å². The van der Waals surface area contributed by atoms with Gasteiger partial charge < -0.3 is 10.1 Å². The van der Waals surface area contributed by atoms with E-state index in [1.807, 2.05) is 37.3 Å². The largest absolute Gasteiger partial charge is 0.455 e. The van der Waals surface area contributed by atoms with Crippen molar-refractivity contribution in [3.63, 3.8) is 0 Å². The minimum Gasteiger partial charge on any atom is -0.455 e. The van der Waals surface area contributed by atoms with Gasteiger partial charge in [-0.25, -0.2) is 0 Å². The SMILES string of the molecule is CCNCc1cc(Br)ccc1Oc1cc(C)ccc1Cl. The van der Waals surface area contributed by atoms with Crippen molar-refractivity contribution in [1.82, 2.24) is 5.32 Å². The Labute approximate surface area is 133 Å². The first-order valence-corrected chi connectivity index (χ1v) is 7.70. The van der Waals surface area contributed by atoms with Gasteiger partial charge in [0.2, 0.25) is 0 Å². The van der Waals surface area contributed by atoms with Crippen molar-refractivity contribution in [3.8, 4) is 11.5 Å². The van der Waals surface area contributed by atoms with Gasteiger partial charge in [-0.1, -0.05) is 40.5 Å². The van der Waals surface area contributed by atoms with Crippen LogP contribution in [0.2, 0.25) is 5.02 Å². The zero-order valence-corrected chi connectivity index (χ0v) is 13.9. The molecule has 1 N–H and O–H groups in total. The fraction of sp³-hybridized carbons (Fsp3) is 0.250.